The Balaban J connectivity index is 2.90. The van der Waals surface area contributed by atoms with Crippen LogP contribution in [0.2, 0.25) is 0 Å². The molecule has 0 aliphatic carbocycles. The molecule has 1 aliphatic rings. The van der Waals surface area contributed by atoms with E-state index in [2.05, 4.69) is 0 Å². The van der Waals surface area contributed by atoms with Crippen LogP contribution in [0.15, 0.2) is 0 Å². The van der Waals surface area contributed by atoms with Gasteiger partial charge in [0.15, 0.2) is 0 Å². The third-order valence-corrected chi connectivity index (χ3v) is 3.46. The number of aliphatic hydroxyl groups excluding tert-OH is 1. The number of alkyl halides is 2. The average molecular weight is 249 g/mol. The molecule has 1 heterocycles. The van der Waals surface area contributed by atoms with Crippen molar-refractivity contribution in [3.05, 3.63) is 0 Å². The molecule has 2 amide bonds. The minimum atomic E-state index is -3.43. The van der Waals surface area contributed by atoms with Gasteiger partial charge in [-0.2, -0.15) is 0 Å². The topological polar surface area (TPSA) is 57.6 Å². The molecule has 0 saturated carbocycles. The minimum absolute atomic E-state index is 0.0135. The molecule has 0 spiro atoms. The third kappa shape index (κ3) is 2.46. The Bertz CT molecular complexity index is 327. The number of carbonyl (C=O) groups excluding carboxylic acids is 2. The highest BCUT2D eigenvalue weighted by Crippen LogP contribution is 2.39. The molecule has 0 radical (unpaired) electrons. The first-order valence-corrected chi connectivity index (χ1v) is 5.65. The van der Waals surface area contributed by atoms with Crippen molar-refractivity contribution in [3.63, 3.8) is 0 Å². The number of amides is 2. The van der Waals surface area contributed by atoms with Crippen LogP contribution in [-0.2, 0) is 9.59 Å². The molecule has 0 atom stereocenters. The molecule has 17 heavy (non-hydrogen) atoms. The summed E-state index contributed by atoms with van der Waals surface area (Å²) in [5.41, 5.74) is -0.831. The molecular weight excluding hydrogens is 232 g/mol. The van der Waals surface area contributed by atoms with E-state index < -0.39 is 36.3 Å². The fourth-order valence-corrected chi connectivity index (χ4v) is 2.10. The molecule has 1 aliphatic heterocycles. The number of likely N-dealkylation sites (tertiary alicyclic amines) is 1. The summed E-state index contributed by atoms with van der Waals surface area (Å²) in [6.45, 7) is 1.14. The lowest BCUT2D eigenvalue weighted by Gasteiger charge is -2.25. The fraction of sp³-hybridized carbons (Fsp3) is 0.818. The van der Waals surface area contributed by atoms with E-state index in [4.69, 9.17) is 5.11 Å². The lowest BCUT2D eigenvalue weighted by atomic mass is 9.81. The van der Waals surface area contributed by atoms with E-state index in [1.807, 2.05) is 0 Å². The molecule has 1 fully saturated rings. The van der Waals surface area contributed by atoms with E-state index in [-0.39, 0.29) is 6.42 Å². The van der Waals surface area contributed by atoms with Crippen LogP contribution in [0.3, 0.4) is 0 Å². The highest BCUT2D eigenvalue weighted by molar-refractivity contribution is 6.05. The zero-order valence-electron chi connectivity index (χ0n) is 10.0. The molecule has 98 valence electrons. The van der Waals surface area contributed by atoms with Crippen LogP contribution in [0.5, 0.6) is 0 Å². The maximum atomic E-state index is 13.0. The average Bonchev–Trinajstić information content (AvgIpc) is 2.53. The summed E-state index contributed by atoms with van der Waals surface area (Å²) in [6, 6.07) is 0. The van der Waals surface area contributed by atoms with Gasteiger partial charge >= 0.3 is 0 Å². The van der Waals surface area contributed by atoms with E-state index in [1.165, 1.54) is 0 Å². The van der Waals surface area contributed by atoms with Crippen LogP contribution in [-0.4, -0.2) is 40.9 Å². The molecule has 1 saturated heterocycles. The Kier molecular flexibility index (Phi) is 3.86. The summed E-state index contributed by atoms with van der Waals surface area (Å²) >= 11 is 0. The Hall–Kier alpha value is -1.04. The maximum Gasteiger partial charge on any atom is 0.288 e. The quantitative estimate of drug-likeness (QED) is 0.744. The lowest BCUT2D eigenvalue weighted by molar-refractivity contribution is -0.149. The molecule has 1 N–H and O–H groups in total. The fourth-order valence-electron chi connectivity index (χ4n) is 2.10. The molecule has 4 nitrogen and oxygen atoms in total. The van der Waals surface area contributed by atoms with E-state index in [1.54, 1.807) is 13.8 Å². The summed E-state index contributed by atoms with van der Waals surface area (Å²) in [5.74, 6) is -4.55. The van der Waals surface area contributed by atoms with Gasteiger partial charge in [-0.15, -0.1) is 0 Å². The van der Waals surface area contributed by atoms with Gasteiger partial charge in [0.2, 0.25) is 11.8 Å². The first kappa shape index (κ1) is 14.0. The number of imide groups is 1. The van der Waals surface area contributed by atoms with Crippen molar-refractivity contribution >= 4 is 11.8 Å². The van der Waals surface area contributed by atoms with Crippen molar-refractivity contribution in [2.45, 2.75) is 39.0 Å². The van der Waals surface area contributed by atoms with E-state index in [0.29, 0.717) is 17.7 Å². The normalized spacial score (nSPS) is 20.2. The van der Waals surface area contributed by atoms with Crippen LogP contribution in [0, 0.1) is 5.41 Å². The first-order chi connectivity index (χ1) is 7.82. The van der Waals surface area contributed by atoms with Gasteiger partial charge in [-0.05, 0) is 12.8 Å². The lowest BCUT2D eigenvalue weighted by Crippen LogP contribution is -2.44. The first-order valence-electron chi connectivity index (χ1n) is 5.65. The van der Waals surface area contributed by atoms with E-state index in [0.717, 1.165) is 0 Å². The molecule has 6 heteroatoms. The van der Waals surface area contributed by atoms with Gasteiger partial charge in [-0.25, -0.2) is 8.78 Å². The number of hydrogen-bond donors (Lipinski definition) is 1. The van der Waals surface area contributed by atoms with Gasteiger partial charge in [0.05, 0.1) is 12.0 Å². The number of halogens is 2. The highest BCUT2D eigenvalue weighted by atomic mass is 19.3. The van der Waals surface area contributed by atoms with Crippen molar-refractivity contribution in [2.24, 2.45) is 5.41 Å². The zero-order valence-corrected chi connectivity index (χ0v) is 10.0. The number of hydrogen-bond acceptors (Lipinski definition) is 3. The van der Waals surface area contributed by atoms with Gasteiger partial charge in [-0.1, -0.05) is 13.8 Å². The molecule has 0 aromatic heterocycles. The van der Waals surface area contributed by atoms with Gasteiger partial charge in [0, 0.05) is 6.42 Å². The van der Waals surface area contributed by atoms with Gasteiger partial charge in [-0.3, -0.25) is 14.5 Å². The minimum Gasteiger partial charge on any atom is -0.390 e. The third-order valence-electron chi connectivity index (χ3n) is 3.46. The van der Waals surface area contributed by atoms with Crippen LogP contribution in [0.1, 0.15) is 33.1 Å². The monoisotopic (exact) mass is 249 g/mol. The number of nitrogens with zero attached hydrogens (tertiary/aromatic N) is 1. The van der Waals surface area contributed by atoms with Crippen molar-refractivity contribution in [2.75, 3.05) is 13.2 Å². The molecular formula is C11H17F2NO3. The van der Waals surface area contributed by atoms with E-state index >= 15 is 0 Å². The second-order valence-corrected chi connectivity index (χ2v) is 4.46. The van der Waals surface area contributed by atoms with Crippen LogP contribution < -0.4 is 0 Å². The zero-order chi connectivity index (χ0) is 13.3. The Labute approximate surface area is 98.6 Å². The van der Waals surface area contributed by atoms with Gasteiger partial charge in [0.1, 0.15) is 6.61 Å². The summed E-state index contributed by atoms with van der Waals surface area (Å²) < 4.78 is 26.0. The second-order valence-electron chi connectivity index (χ2n) is 4.46. The number of rotatable bonds is 5. The van der Waals surface area contributed by atoms with Crippen molar-refractivity contribution in [1.82, 2.24) is 4.90 Å². The van der Waals surface area contributed by atoms with Crippen molar-refractivity contribution < 1.29 is 23.5 Å². The standard InChI is InChI=1S/C11H17F2NO3/c1-3-10(4-2)5-8(16)14(9(10)17)6-11(12,13)7-15/h15H,3-7H2,1-2H3. The summed E-state index contributed by atoms with van der Waals surface area (Å²) in [5, 5.41) is 8.47. The van der Waals surface area contributed by atoms with Gasteiger partial charge in [0.25, 0.3) is 5.92 Å². The smallest absolute Gasteiger partial charge is 0.288 e. The maximum absolute atomic E-state index is 13.0. The Morgan fingerprint density at radius 2 is 1.88 bits per heavy atom. The highest BCUT2D eigenvalue weighted by Gasteiger charge is 2.51. The molecule has 0 unspecified atom stereocenters. The predicted octanol–water partition coefficient (Wildman–Crippen LogP) is 1.18. The van der Waals surface area contributed by atoms with Gasteiger partial charge < -0.3 is 5.11 Å². The predicted molar refractivity (Wildman–Crippen MR) is 56.4 cm³/mol. The van der Waals surface area contributed by atoms with E-state index in [9.17, 15) is 18.4 Å². The molecule has 0 aromatic rings. The Morgan fingerprint density at radius 3 is 2.24 bits per heavy atom. The van der Waals surface area contributed by atoms with Crippen LogP contribution in [0.25, 0.3) is 0 Å². The summed E-state index contributed by atoms with van der Waals surface area (Å²) in [6.07, 6.45) is 0.894. The van der Waals surface area contributed by atoms with Crippen LogP contribution in [0.4, 0.5) is 8.78 Å². The molecule has 0 aromatic carbocycles. The SMILES string of the molecule is CCC1(CC)CC(=O)N(CC(F)(F)CO)C1=O. The van der Waals surface area contributed by atoms with Crippen molar-refractivity contribution in [3.8, 4) is 0 Å². The summed E-state index contributed by atoms with van der Waals surface area (Å²) in [4.78, 5) is 24.2. The number of aliphatic hydroxyl groups is 1. The largest absolute Gasteiger partial charge is 0.390 e. The van der Waals surface area contributed by atoms with Crippen LogP contribution >= 0.6 is 0 Å². The molecule has 0 bridgehead atoms. The second kappa shape index (κ2) is 4.68. The Morgan fingerprint density at radius 1 is 1.35 bits per heavy atom. The summed E-state index contributed by atoms with van der Waals surface area (Å²) in [7, 11) is 0. The number of carbonyl (C=O) groups is 2. The van der Waals surface area contributed by atoms with Crippen molar-refractivity contribution in [1.29, 1.82) is 0 Å². The molecule has 1 rings (SSSR count).